The maximum Gasteiger partial charge on any atom is 0.150 e. The van der Waals surface area contributed by atoms with E-state index in [1.165, 1.54) is 0 Å². The highest BCUT2D eigenvalue weighted by Gasteiger charge is 2.16. The molecule has 1 saturated heterocycles. The van der Waals surface area contributed by atoms with E-state index in [4.69, 9.17) is 0 Å². The van der Waals surface area contributed by atoms with E-state index in [1.54, 1.807) is 0 Å². The Hall–Kier alpha value is -0.0900. The molecule has 0 unspecified atom stereocenters. The molecule has 3 nitrogen and oxygen atoms in total. The smallest absolute Gasteiger partial charge is 0.150 e. The first-order valence-corrected chi connectivity index (χ1v) is 4.23. The zero-order valence-corrected chi connectivity index (χ0v) is 5.58. The van der Waals surface area contributed by atoms with Crippen molar-refractivity contribution in [3.8, 4) is 0 Å². The molecular weight excluding hydrogens is 126 g/mol. The second kappa shape index (κ2) is 2.46. The van der Waals surface area contributed by atoms with Crippen LogP contribution in [0.2, 0.25) is 0 Å². The summed E-state index contributed by atoms with van der Waals surface area (Å²) in [6, 6.07) is 0. The molecule has 0 aromatic carbocycles. The van der Waals surface area contributed by atoms with Gasteiger partial charge in [-0.1, -0.05) is 0 Å². The number of hydrogen-bond donors (Lipinski definition) is 1. The van der Waals surface area contributed by atoms with Gasteiger partial charge in [-0.3, -0.25) is 0 Å². The first kappa shape index (κ1) is 7.91. The molecule has 0 radical (unpaired) electrons. The van der Waals surface area contributed by atoms with E-state index >= 15 is 0 Å². The predicted octanol–water partition coefficient (Wildman–Crippen LogP) is 0.357. The van der Waals surface area contributed by atoms with Gasteiger partial charge in [-0.2, -0.15) is 0 Å². The minimum absolute atomic E-state index is 0. The summed E-state index contributed by atoms with van der Waals surface area (Å²) in [6.07, 6.45) is 1.75. The molecule has 0 bridgehead atoms. The molecule has 1 fully saturated rings. The first-order valence-electron chi connectivity index (χ1n) is 2.41. The topological polar surface area (TPSA) is 69.1 Å². The van der Waals surface area contributed by atoms with Gasteiger partial charge >= 0.3 is 0 Å². The molecule has 3 N–H and O–H groups in total. The number of rotatable bonds is 0. The zero-order valence-electron chi connectivity index (χ0n) is 4.76. The van der Waals surface area contributed by atoms with Crippen molar-refractivity contribution in [1.29, 1.82) is 0 Å². The average molecular weight is 137 g/mol. The van der Waals surface area contributed by atoms with Crippen molar-refractivity contribution in [2.24, 2.45) is 0 Å². The van der Waals surface area contributed by atoms with Crippen LogP contribution >= 0.6 is 0 Å². The summed E-state index contributed by atoms with van der Waals surface area (Å²) in [6.45, 7) is 0. The van der Waals surface area contributed by atoms with Crippen LogP contribution < -0.4 is 6.15 Å². The zero-order chi connectivity index (χ0) is 5.33. The van der Waals surface area contributed by atoms with Gasteiger partial charge in [0, 0.05) is 0 Å². The van der Waals surface area contributed by atoms with Crippen LogP contribution in [0.15, 0.2) is 0 Å². The third-order valence-electron chi connectivity index (χ3n) is 1.16. The molecule has 1 rings (SSSR count). The lowest BCUT2D eigenvalue weighted by Crippen LogP contribution is -1.98. The van der Waals surface area contributed by atoms with E-state index in [1.807, 2.05) is 0 Å². The minimum Gasteiger partial charge on any atom is -0.344 e. The Labute approximate surface area is 49.6 Å². The molecule has 1 aliphatic rings. The molecule has 0 aromatic rings. The maximum absolute atomic E-state index is 10.4. The van der Waals surface area contributed by atoms with E-state index in [2.05, 4.69) is 0 Å². The Morgan fingerprint density at radius 2 is 1.38 bits per heavy atom. The van der Waals surface area contributed by atoms with Crippen LogP contribution in [-0.2, 0) is 9.84 Å². The molecule has 0 spiro atoms. The van der Waals surface area contributed by atoms with Crippen molar-refractivity contribution in [2.45, 2.75) is 12.8 Å². The maximum atomic E-state index is 10.4. The van der Waals surface area contributed by atoms with E-state index in [0.717, 1.165) is 12.8 Å². The standard InChI is InChI=1S/C4H8O2S.H3N/c5-7(6)3-1-2-4-7;/h1-4H2;1H3. The van der Waals surface area contributed by atoms with E-state index in [-0.39, 0.29) is 6.15 Å². The highest BCUT2D eigenvalue weighted by Crippen LogP contribution is 2.08. The Kier molecular flexibility index (Phi) is 2.43. The third kappa shape index (κ3) is 1.79. The Morgan fingerprint density at radius 3 is 1.50 bits per heavy atom. The molecule has 0 aliphatic carbocycles. The Morgan fingerprint density at radius 1 is 1.00 bits per heavy atom. The summed E-state index contributed by atoms with van der Waals surface area (Å²) in [5.41, 5.74) is 0. The van der Waals surface area contributed by atoms with Crippen LogP contribution in [0, 0.1) is 0 Å². The molecule has 1 aliphatic heterocycles. The second-order valence-electron chi connectivity index (χ2n) is 1.86. The molecule has 0 amide bonds. The lowest BCUT2D eigenvalue weighted by atomic mass is 10.4. The fourth-order valence-electron chi connectivity index (χ4n) is 0.746. The molecule has 50 valence electrons. The van der Waals surface area contributed by atoms with Gasteiger partial charge < -0.3 is 6.15 Å². The molecule has 0 atom stereocenters. The number of hydrogen-bond acceptors (Lipinski definition) is 3. The van der Waals surface area contributed by atoms with Crippen LogP contribution in [0.3, 0.4) is 0 Å². The van der Waals surface area contributed by atoms with Crippen molar-refractivity contribution in [2.75, 3.05) is 11.5 Å². The van der Waals surface area contributed by atoms with Gasteiger partial charge in [-0.15, -0.1) is 0 Å². The second-order valence-corrected chi connectivity index (χ2v) is 4.16. The Balaban J connectivity index is 0.000000490. The van der Waals surface area contributed by atoms with Gasteiger partial charge in [-0.05, 0) is 12.8 Å². The monoisotopic (exact) mass is 137 g/mol. The summed E-state index contributed by atoms with van der Waals surface area (Å²) in [7, 11) is -2.55. The summed E-state index contributed by atoms with van der Waals surface area (Å²) in [5, 5.41) is 0. The van der Waals surface area contributed by atoms with Crippen LogP contribution in [-0.4, -0.2) is 19.9 Å². The molecule has 1 heterocycles. The molecule has 0 saturated carbocycles. The van der Waals surface area contributed by atoms with Crippen LogP contribution in [0.25, 0.3) is 0 Å². The molecule has 0 aromatic heterocycles. The summed E-state index contributed by atoms with van der Waals surface area (Å²) in [4.78, 5) is 0. The van der Waals surface area contributed by atoms with Crippen molar-refractivity contribution in [3.63, 3.8) is 0 Å². The van der Waals surface area contributed by atoms with Gasteiger partial charge in [-0.25, -0.2) is 8.42 Å². The quantitative estimate of drug-likeness (QED) is 0.524. The van der Waals surface area contributed by atoms with Crippen LogP contribution in [0.4, 0.5) is 0 Å². The highest BCUT2D eigenvalue weighted by molar-refractivity contribution is 7.91. The minimum atomic E-state index is -2.55. The van der Waals surface area contributed by atoms with E-state index in [9.17, 15) is 8.42 Å². The fraction of sp³-hybridized carbons (Fsp3) is 1.00. The largest absolute Gasteiger partial charge is 0.344 e. The lowest BCUT2D eigenvalue weighted by Gasteiger charge is -1.81. The Bertz CT molecular complexity index is 137. The van der Waals surface area contributed by atoms with Gasteiger partial charge in [0.2, 0.25) is 0 Å². The van der Waals surface area contributed by atoms with Crippen LogP contribution in [0.1, 0.15) is 12.8 Å². The molecular formula is C4H11NO2S. The van der Waals surface area contributed by atoms with Crippen molar-refractivity contribution < 1.29 is 8.42 Å². The lowest BCUT2D eigenvalue weighted by molar-refractivity contribution is 0.602. The number of sulfone groups is 1. The SMILES string of the molecule is N.O=S1(=O)CCCC1. The first-order chi connectivity index (χ1) is 3.21. The molecule has 4 heteroatoms. The van der Waals surface area contributed by atoms with Gasteiger partial charge in [0.15, 0.2) is 0 Å². The van der Waals surface area contributed by atoms with Gasteiger partial charge in [0.25, 0.3) is 0 Å². The van der Waals surface area contributed by atoms with Crippen molar-refractivity contribution >= 4 is 9.84 Å². The summed E-state index contributed by atoms with van der Waals surface area (Å²) >= 11 is 0. The van der Waals surface area contributed by atoms with Gasteiger partial charge in [0.1, 0.15) is 9.84 Å². The normalized spacial score (nSPS) is 24.5. The summed E-state index contributed by atoms with van der Waals surface area (Å²) < 4.78 is 20.9. The fourth-order valence-corrected chi connectivity index (χ4v) is 2.24. The van der Waals surface area contributed by atoms with E-state index < -0.39 is 9.84 Å². The third-order valence-corrected chi connectivity index (χ3v) is 2.98. The van der Waals surface area contributed by atoms with Crippen LogP contribution in [0.5, 0.6) is 0 Å². The van der Waals surface area contributed by atoms with Gasteiger partial charge in [0.05, 0.1) is 11.5 Å². The van der Waals surface area contributed by atoms with Crippen molar-refractivity contribution in [1.82, 2.24) is 6.15 Å². The van der Waals surface area contributed by atoms with Crippen molar-refractivity contribution in [3.05, 3.63) is 0 Å². The molecule has 8 heavy (non-hydrogen) atoms. The summed E-state index contributed by atoms with van der Waals surface area (Å²) in [5.74, 6) is 0.847. The highest BCUT2D eigenvalue weighted by atomic mass is 32.2. The predicted molar refractivity (Wildman–Crippen MR) is 32.9 cm³/mol. The average Bonchev–Trinajstić information content (AvgIpc) is 1.84. The van der Waals surface area contributed by atoms with E-state index in [0.29, 0.717) is 11.5 Å².